The average Bonchev–Trinajstić information content (AvgIpc) is 3.31. The largest absolute Gasteiger partial charge is 0.492 e. The molecule has 0 unspecified atom stereocenters. The number of benzene rings is 2. The molecule has 0 spiro atoms. The molecule has 2 heterocycles. The van der Waals surface area contributed by atoms with E-state index in [9.17, 15) is 18.3 Å². The maximum absolute atomic E-state index is 13.9. The Morgan fingerprint density at radius 3 is 2.53 bits per heavy atom. The van der Waals surface area contributed by atoms with Gasteiger partial charge in [-0.1, -0.05) is 42.5 Å². The first kappa shape index (κ1) is 25.8. The second-order valence-electron chi connectivity index (χ2n) is 9.63. The lowest BCUT2D eigenvalue weighted by atomic mass is 10.1. The minimum atomic E-state index is -4.39. The highest BCUT2D eigenvalue weighted by Crippen LogP contribution is 2.35. The summed E-state index contributed by atoms with van der Waals surface area (Å²) in [6, 6.07) is 17.3. The smallest absolute Gasteiger partial charge is 0.277 e. The van der Waals surface area contributed by atoms with E-state index >= 15 is 0 Å². The van der Waals surface area contributed by atoms with Crippen LogP contribution in [0.5, 0.6) is 5.88 Å². The van der Waals surface area contributed by atoms with E-state index in [1.807, 2.05) is 57.2 Å². The summed E-state index contributed by atoms with van der Waals surface area (Å²) in [4.78, 5) is 21.6. The molecule has 1 aliphatic rings. The van der Waals surface area contributed by atoms with Gasteiger partial charge in [-0.2, -0.15) is 4.98 Å². The van der Waals surface area contributed by atoms with E-state index in [0.29, 0.717) is 6.42 Å². The van der Waals surface area contributed by atoms with Gasteiger partial charge >= 0.3 is 0 Å². The Morgan fingerprint density at radius 1 is 1.08 bits per heavy atom. The van der Waals surface area contributed by atoms with Crippen LogP contribution in [0.25, 0.3) is 11.1 Å². The van der Waals surface area contributed by atoms with Gasteiger partial charge in [0.15, 0.2) is 4.90 Å². The van der Waals surface area contributed by atoms with Crippen molar-refractivity contribution in [3.63, 3.8) is 0 Å². The zero-order chi connectivity index (χ0) is 27.0. The third kappa shape index (κ3) is 4.63. The second-order valence-corrected chi connectivity index (χ2v) is 11.5. The van der Waals surface area contributed by atoms with Crippen molar-refractivity contribution in [3.8, 4) is 17.0 Å². The maximum atomic E-state index is 13.9. The van der Waals surface area contributed by atoms with Gasteiger partial charge in [-0.3, -0.25) is 14.3 Å². The molecule has 0 bridgehead atoms. The van der Waals surface area contributed by atoms with Gasteiger partial charge < -0.3 is 9.84 Å². The molecule has 0 fully saturated rings. The first-order valence-corrected chi connectivity index (χ1v) is 14.0. The average molecular weight is 532 g/mol. The monoisotopic (exact) mass is 531 g/mol. The Kier molecular flexibility index (Phi) is 6.90. The second kappa shape index (κ2) is 10.2. The Bertz CT molecular complexity index is 1660. The number of hydrogen-bond donors (Lipinski definition) is 1. The number of pyridine rings is 1. The molecule has 5 rings (SSSR count). The normalized spacial score (nSPS) is 15.1. The molecule has 2 aromatic carbocycles. The molecule has 2 aromatic heterocycles. The topological polar surface area (TPSA) is 111 Å². The van der Waals surface area contributed by atoms with Gasteiger partial charge in [0.25, 0.3) is 5.56 Å². The van der Waals surface area contributed by atoms with Gasteiger partial charge in [0.1, 0.15) is 12.4 Å². The lowest BCUT2D eigenvalue weighted by Gasteiger charge is -2.21. The highest BCUT2D eigenvalue weighted by atomic mass is 32.2. The fourth-order valence-corrected chi connectivity index (χ4v) is 6.32. The van der Waals surface area contributed by atoms with Crippen molar-refractivity contribution in [3.05, 3.63) is 99.9 Å². The molecular weight excluding hydrogens is 502 g/mol. The highest BCUT2D eigenvalue weighted by Gasteiger charge is 2.34. The number of aryl methyl sites for hydroxylation is 2. The van der Waals surface area contributed by atoms with Crippen LogP contribution in [-0.4, -0.2) is 34.2 Å². The molecule has 0 aliphatic heterocycles. The Balaban J connectivity index is 1.63. The summed E-state index contributed by atoms with van der Waals surface area (Å²) < 4.78 is 34.5. The molecule has 0 radical (unpaired) electrons. The molecule has 9 heteroatoms. The number of aromatic nitrogens is 3. The minimum Gasteiger partial charge on any atom is -0.492 e. The number of nitrogens with zero attached hydrogens (tertiary/aromatic N) is 3. The number of rotatable bonds is 7. The standard InChI is InChI=1S/C29H29N3O5S/c1-18(2)37-17-26-31-28(33)27(29(34)32(26)25-15-12-20-7-4-5-8-24(20)25)38(35,36)22-13-10-21(11-14-22)23-9-6-16-30-19(23)3/h4-11,13-14,16,18,25,33H,12,15,17H2,1-3H3/t25-/m0/s1. The third-order valence-electron chi connectivity index (χ3n) is 6.84. The van der Waals surface area contributed by atoms with Crippen LogP contribution in [0.4, 0.5) is 0 Å². The van der Waals surface area contributed by atoms with Crippen LogP contribution in [0.15, 0.2) is 81.4 Å². The molecule has 196 valence electrons. The number of hydrogen-bond acceptors (Lipinski definition) is 7. The van der Waals surface area contributed by atoms with Crippen LogP contribution in [0.3, 0.4) is 0 Å². The summed E-state index contributed by atoms with van der Waals surface area (Å²) >= 11 is 0. The van der Waals surface area contributed by atoms with Gasteiger partial charge in [0, 0.05) is 17.5 Å². The van der Waals surface area contributed by atoms with Crippen LogP contribution >= 0.6 is 0 Å². The molecule has 1 atom stereocenters. The molecule has 8 nitrogen and oxygen atoms in total. The lowest BCUT2D eigenvalue weighted by molar-refractivity contribution is 0.0574. The molecule has 0 saturated carbocycles. The van der Waals surface area contributed by atoms with E-state index in [0.717, 1.165) is 34.4 Å². The first-order valence-electron chi connectivity index (χ1n) is 12.5. The molecular formula is C29H29N3O5S. The van der Waals surface area contributed by atoms with E-state index in [-0.39, 0.29) is 23.4 Å². The van der Waals surface area contributed by atoms with Crippen molar-refractivity contribution in [1.82, 2.24) is 14.5 Å². The van der Waals surface area contributed by atoms with Crippen molar-refractivity contribution in [2.75, 3.05) is 0 Å². The van der Waals surface area contributed by atoms with E-state index in [2.05, 4.69) is 9.97 Å². The number of aromatic hydroxyl groups is 1. The first-order chi connectivity index (χ1) is 18.2. The minimum absolute atomic E-state index is 0.0430. The van der Waals surface area contributed by atoms with Crippen molar-refractivity contribution in [1.29, 1.82) is 0 Å². The van der Waals surface area contributed by atoms with Crippen LogP contribution in [-0.2, 0) is 27.6 Å². The van der Waals surface area contributed by atoms with Gasteiger partial charge in [-0.25, -0.2) is 8.42 Å². The Labute approximate surface area is 221 Å². The summed E-state index contributed by atoms with van der Waals surface area (Å²) in [6.45, 7) is 5.53. The molecule has 38 heavy (non-hydrogen) atoms. The maximum Gasteiger partial charge on any atom is 0.277 e. The highest BCUT2D eigenvalue weighted by molar-refractivity contribution is 7.91. The Hall–Kier alpha value is -3.82. The summed E-state index contributed by atoms with van der Waals surface area (Å²) in [5.74, 6) is -0.642. The predicted octanol–water partition coefficient (Wildman–Crippen LogP) is 4.61. The number of fused-ring (bicyclic) bond motifs is 1. The predicted molar refractivity (Wildman–Crippen MR) is 143 cm³/mol. The van der Waals surface area contributed by atoms with Crippen molar-refractivity contribution in [2.24, 2.45) is 0 Å². The molecule has 0 saturated heterocycles. The van der Waals surface area contributed by atoms with E-state index in [1.54, 1.807) is 18.3 Å². The van der Waals surface area contributed by atoms with Gasteiger partial charge in [0.05, 0.1) is 17.0 Å². The van der Waals surface area contributed by atoms with Crippen LogP contribution in [0.2, 0.25) is 0 Å². The van der Waals surface area contributed by atoms with E-state index < -0.39 is 32.2 Å². The number of ether oxygens (including phenoxy) is 1. The van der Waals surface area contributed by atoms with Crippen LogP contribution < -0.4 is 5.56 Å². The molecule has 1 aliphatic carbocycles. The lowest BCUT2D eigenvalue weighted by Crippen LogP contribution is -2.33. The quantitative estimate of drug-likeness (QED) is 0.371. The fourth-order valence-electron chi connectivity index (χ4n) is 4.97. The van der Waals surface area contributed by atoms with Crippen molar-refractivity contribution < 1.29 is 18.3 Å². The summed E-state index contributed by atoms with van der Waals surface area (Å²) in [6.07, 6.45) is 2.90. The SMILES string of the molecule is Cc1ncccc1-c1ccc(S(=O)(=O)c2c(O)nc(COC(C)C)n([C@H]3CCc4ccccc43)c2=O)cc1. The van der Waals surface area contributed by atoms with Crippen LogP contribution in [0, 0.1) is 6.92 Å². The molecule has 4 aromatic rings. The zero-order valence-electron chi connectivity index (χ0n) is 21.5. The molecule has 0 amide bonds. The summed E-state index contributed by atoms with van der Waals surface area (Å²) in [7, 11) is -4.39. The Morgan fingerprint density at radius 2 is 1.82 bits per heavy atom. The molecule has 1 N–H and O–H groups in total. The third-order valence-corrected chi connectivity index (χ3v) is 8.63. The van der Waals surface area contributed by atoms with Crippen LogP contribution in [0.1, 0.15) is 49.0 Å². The van der Waals surface area contributed by atoms with E-state index in [1.165, 1.54) is 16.7 Å². The van der Waals surface area contributed by atoms with Crippen molar-refractivity contribution >= 4 is 9.84 Å². The number of sulfone groups is 1. The summed E-state index contributed by atoms with van der Waals surface area (Å²) in [5.41, 5.74) is 3.69. The van der Waals surface area contributed by atoms with Gasteiger partial charge in [0.2, 0.25) is 15.7 Å². The van der Waals surface area contributed by atoms with Crippen molar-refractivity contribution in [2.45, 2.75) is 62.2 Å². The van der Waals surface area contributed by atoms with Gasteiger partial charge in [-0.05, 0) is 68.5 Å². The fraction of sp³-hybridized carbons (Fsp3) is 0.276. The summed E-state index contributed by atoms with van der Waals surface area (Å²) in [5, 5.41) is 10.8. The van der Waals surface area contributed by atoms with E-state index in [4.69, 9.17) is 4.74 Å². The zero-order valence-corrected chi connectivity index (χ0v) is 22.3. The van der Waals surface area contributed by atoms with Gasteiger partial charge in [-0.15, -0.1) is 0 Å².